The minimum Gasteiger partial charge on any atom is -0.323 e. The number of amides is 3. The highest BCUT2D eigenvalue weighted by Crippen LogP contribution is 2.37. The van der Waals surface area contributed by atoms with Gasteiger partial charge in [0.1, 0.15) is 5.54 Å². The molecule has 124 valence electrons. The Morgan fingerprint density at radius 2 is 1.77 bits per heavy atom. The van der Waals surface area contributed by atoms with E-state index >= 15 is 0 Å². The maximum atomic E-state index is 13.0. The first-order valence-corrected chi connectivity index (χ1v) is 9.11. The number of urea groups is 1. The molecule has 0 aromatic carbocycles. The third-order valence-electron chi connectivity index (χ3n) is 5.94. The number of carbonyl (C=O) groups is 2. The summed E-state index contributed by atoms with van der Waals surface area (Å²) in [6, 6.07) is -0.159. The van der Waals surface area contributed by atoms with Gasteiger partial charge in [0, 0.05) is 0 Å². The molecule has 0 bridgehead atoms. The summed E-state index contributed by atoms with van der Waals surface area (Å²) >= 11 is 0. The monoisotopic (exact) mass is 308 g/mol. The zero-order chi connectivity index (χ0) is 15.6. The number of rotatable bonds is 2. The molecule has 3 amide bonds. The number of quaternary nitrogens is 1. The number of hydrogen-bond acceptors (Lipinski definition) is 2. The fourth-order valence-corrected chi connectivity index (χ4v) is 4.43. The second kappa shape index (κ2) is 6.57. The molecule has 0 radical (unpaired) electrons. The summed E-state index contributed by atoms with van der Waals surface area (Å²) in [6.45, 7) is 4.84. The van der Waals surface area contributed by atoms with Crippen molar-refractivity contribution in [1.29, 1.82) is 0 Å². The molecular formula is C17H30N3O2+. The van der Waals surface area contributed by atoms with Crippen LogP contribution in [0.2, 0.25) is 0 Å². The number of imide groups is 1. The van der Waals surface area contributed by atoms with Crippen LogP contribution in [0.1, 0.15) is 64.7 Å². The molecule has 3 aliphatic rings. The molecule has 5 heteroatoms. The first-order chi connectivity index (χ1) is 10.6. The number of carbonyl (C=O) groups excluding carboxylic acids is 2. The number of likely N-dealkylation sites (tertiary alicyclic amines) is 1. The molecule has 1 aliphatic carbocycles. The molecular weight excluding hydrogens is 278 g/mol. The van der Waals surface area contributed by atoms with E-state index in [0.717, 1.165) is 32.4 Å². The average Bonchev–Trinajstić information content (AvgIpc) is 2.70. The summed E-state index contributed by atoms with van der Waals surface area (Å²) in [5, 5.41) is 3.06. The molecule has 0 aromatic rings. The van der Waals surface area contributed by atoms with Crippen molar-refractivity contribution >= 4 is 11.9 Å². The zero-order valence-corrected chi connectivity index (χ0v) is 13.8. The Morgan fingerprint density at radius 3 is 2.45 bits per heavy atom. The number of nitrogens with one attached hydrogen (secondary N) is 2. The molecule has 0 unspecified atom stereocenters. The SMILES string of the molecule is C[C@@H]1CCCC[C@@]12NC(=O)N(C[NH+]1CCCCCCC1)C2=O. The van der Waals surface area contributed by atoms with Crippen LogP contribution >= 0.6 is 0 Å². The fraction of sp³-hybridized carbons (Fsp3) is 0.882. The Morgan fingerprint density at radius 1 is 1.09 bits per heavy atom. The number of nitrogens with zero attached hydrogens (tertiary/aromatic N) is 1. The van der Waals surface area contributed by atoms with Crippen molar-refractivity contribution in [3.05, 3.63) is 0 Å². The fourth-order valence-electron chi connectivity index (χ4n) is 4.43. The van der Waals surface area contributed by atoms with Gasteiger partial charge in [-0.1, -0.05) is 26.2 Å². The minimum atomic E-state index is -0.600. The third kappa shape index (κ3) is 2.87. The summed E-state index contributed by atoms with van der Waals surface area (Å²) in [4.78, 5) is 28.3. The van der Waals surface area contributed by atoms with Gasteiger partial charge in [0.15, 0.2) is 6.67 Å². The molecule has 2 atom stereocenters. The third-order valence-corrected chi connectivity index (χ3v) is 5.94. The van der Waals surface area contributed by atoms with Crippen LogP contribution in [0.4, 0.5) is 4.79 Å². The van der Waals surface area contributed by atoms with E-state index in [9.17, 15) is 9.59 Å². The largest absolute Gasteiger partial charge is 0.329 e. The minimum absolute atomic E-state index is 0.0410. The topological polar surface area (TPSA) is 53.9 Å². The Hall–Kier alpha value is -1.10. The van der Waals surface area contributed by atoms with Gasteiger partial charge in [0.05, 0.1) is 13.1 Å². The Bertz CT molecular complexity index is 432. The van der Waals surface area contributed by atoms with Crippen molar-refractivity contribution in [3.63, 3.8) is 0 Å². The summed E-state index contributed by atoms with van der Waals surface area (Å²) in [6.07, 6.45) is 10.4. The molecule has 3 fully saturated rings. The molecule has 2 N–H and O–H groups in total. The summed E-state index contributed by atoms with van der Waals surface area (Å²) in [5.41, 5.74) is -0.600. The van der Waals surface area contributed by atoms with Gasteiger partial charge < -0.3 is 10.2 Å². The van der Waals surface area contributed by atoms with Crippen LogP contribution < -0.4 is 10.2 Å². The maximum absolute atomic E-state index is 13.0. The lowest BCUT2D eigenvalue weighted by Crippen LogP contribution is -3.13. The first-order valence-electron chi connectivity index (χ1n) is 9.11. The Balaban J connectivity index is 1.68. The molecule has 1 saturated carbocycles. The van der Waals surface area contributed by atoms with Gasteiger partial charge in [-0.15, -0.1) is 0 Å². The lowest BCUT2D eigenvalue weighted by molar-refractivity contribution is -0.908. The van der Waals surface area contributed by atoms with Crippen LogP contribution in [0, 0.1) is 5.92 Å². The molecule has 22 heavy (non-hydrogen) atoms. The van der Waals surface area contributed by atoms with Gasteiger partial charge in [-0.2, -0.15) is 0 Å². The smallest absolute Gasteiger partial charge is 0.323 e. The zero-order valence-electron chi connectivity index (χ0n) is 13.8. The Kier molecular flexibility index (Phi) is 4.71. The van der Waals surface area contributed by atoms with Crippen molar-refractivity contribution in [2.24, 2.45) is 5.92 Å². The van der Waals surface area contributed by atoms with Gasteiger partial charge in [-0.25, -0.2) is 9.69 Å². The standard InChI is InChI=1S/C17H29N3O2/c1-14-9-5-6-10-17(14)15(21)20(16(22)18-17)13-19-11-7-3-2-4-8-12-19/h14H,2-13H2,1H3,(H,18,22)/p+1/t14-,17-/m1/s1. The molecule has 1 spiro atoms. The Labute approximate surface area is 133 Å². The lowest BCUT2D eigenvalue weighted by atomic mass is 9.73. The van der Waals surface area contributed by atoms with E-state index < -0.39 is 5.54 Å². The highest BCUT2D eigenvalue weighted by molar-refractivity contribution is 6.07. The average molecular weight is 308 g/mol. The molecule has 3 rings (SSSR count). The lowest BCUT2D eigenvalue weighted by Gasteiger charge is -2.37. The van der Waals surface area contributed by atoms with Crippen LogP contribution in [0.15, 0.2) is 0 Å². The van der Waals surface area contributed by atoms with E-state index in [1.165, 1.54) is 48.3 Å². The van der Waals surface area contributed by atoms with Crippen molar-refractivity contribution in [2.75, 3.05) is 19.8 Å². The van der Waals surface area contributed by atoms with Crippen LogP contribution in [-0.4, -0.2) is 42.1 Å². The predicted octanol–water partition coefficient (Wildman–Crippen LogP) is 1.29. The second-order valence-electron chi connectivity index (χ2n) is 7.46. The summed E-state index contributed by atoms with van der Waals surface area (Å²) in [7, 11) is 0. The van der Waals surface area contributed by atoms with Crippen molar-refractivity contribution in [1.82, 2.24) is 10.2 Å². The van der Waals surface area contributed by atoms with Gasteiger partial charge in [0.25, 0.3) is 5.91 Å². The van der Waals surface area contributed by atoms with Crippen LogP contribution in [0.5, 0.6) is 0 Å². The van der Waals surface area contributed by atoms with Crippen molar-refractivity contribution in [2.45, 2.75) is 70.3 Å². The first kappa shape index (κ1) is 15.8. The van der Waals surface area contributed by atoms with Gasteiger partial charge in [0.2, 0.25) is 0 Å². The van der Waals surface area contributed by atoms with Crippen LogP contribution in [-0.2, 0) is 4.79 Å². The second-order valence-corrected chi connectivity index (χ2v) is 7.46. The van der Waals surface area contributed by atoms with Gasteiger partial charge in [-0.05, 0) is 44.4 Å². The molecule has 2 saturated heterocycles. The van der Waals surface area contributed by atoms with Gasteiger partial charge >= 0.3 is 6.03 Å². The van der Waals surface area contributed by atoms with E-state index in [4.69, 9.17) is 0 Å². The highest BCUT2D eigenvalue weighted by Gasteiger charge is 2.55. The van der Waals surface area contributed by atoms with E-state index in [-0.39, 0.29) is 17.9 Å². The highest BCUT2D eigenvalue weighted by atomic mass is 16.2. The summed E-state index contributed by atoms with van der Waals surface area (Å²) in [5.74, 6) is 0.296. The molecule has 2 heterocycles. The van der Waals surface area contributed by atoms with Crippen LogP contribution in [0.3, 0.4) is 0 Å². The van der Waals surface area contributed by atoms with E-state index in [0.29, 0.717) is 6.67 Å². The molecule has 0 aromatic heterocycles. The number of hydrogen-bond donors (Lipinski definition) is 2. The maximum Gasteiger partial charge on any atom is 0.329 e. The summed E-state index contributed by atoms with van der Waals surface area (Å²) < 4.78 is 0. The van der Waals surface area contributed by atoms with E-state index in [2.05, 4.69) is 12.2 Å². The van der Waals surface area contributed by atoms with Gasteiger partial charge in [-0.3, -0.25) is 4.79 Å². The molecule has 2 aliphatic heterocycles. The van der Waals surface area contributed by atoms with E-state index in [1.54, 1.807) is 0 Å². The molecule has 5 nitrogen and oxygen atoms in total. The van der Waals surface area contributed by atoms with Crippen LogP contribution in [0.25, 0.3) is 0 Å². The quantitative estimate of drug-likeness (QED) is 0.756. The van der Waals surface area contributed by atoms with Crippen molar-refractivity contribution < 1.29 is 14.5 Å². The normalized spacial score (nSPS) is 34.6. The predicted molar refractivity (Wildman–Crippen MR) is 84.4 cm³/mol. The van der Waals surface area contributed by atoms with E-state index in [1.807, 2.05) is 0 Å². The van der Waals surface area contributed by atoms with Crippen molar-refractivity contribution in [3.8, 4) is 0 Å².